The maximum Gasteiger partial charge on any atom is 0.311 e. The van der Waals surface area contributed by atoms with Crippen LogP contribution in [0, 0.1) is 50.2 Å². The first-order chi connectivity index (χ1) is 17.1. The number of carbonyl (C=O) groups excluding carboxylic acids is 2. The predicted octanol–water partition coefficient (Wildman–Crippen LogP) is 7.89. The predicted molar refractivity (Wildman–Crippen MR) is 147 cm³/mol. The molecular formula is C33H52O4. The molecular weight excluding hydrogens is 460 g/mol. The fourth-order valence-electron chi connectivity index (χ4n) is 11.2. The Morgan fingerprint density at radius 3 is 2.19 bits per heavy atom. The molecule has 4 nitrogen and oxygen atoms in total. The number of hydrogen-bond acceptors (Lipinski definition) is 4. The zero-order chi connectivity index (χ0) is 27.2. The summed E-state index contributed by atoms with van der Waals surface area (Å²) in [5.74, 6) is 1.48. The van der Waals surface area contributed by atoms with Crippen molar-refractivity contribution in [2.24, 2.45) is 50.2 Å². The van der Waals surface area contributed by atoms with E-state index in [0.717, 1.165) is 38.5 Å². The number of esters is 2. The summed E-state index contributed by atoms with van der Waals surface area (Å²) in [6.07, 6.45) is 13.9. The van der Waals surface area contributed by atoms with Crippen molar-refractivity contribution in [2.75, 3.05) is 7.11 Å². The molecule has 4 heteroatoms. The number of rotatable bonds is 2. The smallest absolute Gasteiger partial charge is 0.311 e. The first-order valence-corrected chi connectivity index (χ1v) is 15.0. The molecule has 208 valence electrons. The van der Waals surface area contributed by atoms with Crippen LogP contribution in [0.1, 0.15) is 120 Å². The molecule has 5 aliphatic carbocycles. The Morgan fingerprint density at radius 2 is 1.54 bits per heavy atom. The molecule has 0 saturated heterocycles. The van der Waals surface area contributed by atoms with Gasteiger partial charge in [-0.2, -0.15) is 0 Å². The molecule has 0 N–H and O–H groups in total. The zero-order valence-electron chi connectivity index (χ0n) is 25.1. The van der Waals surface area contributed by atoms with Gasteiger partial charge in [-0.05, 0) is 111 Å². The number of carbonyl (C=O) groups is 2. The van der Waals surface area contributed by atoms with Gasteiger partial charge in [0.05, 0.1) is 12.5 Å². The minimum absolute atomic E-state index is 0.0122. The highest BCUT2D eigenvalue weighted by molar-refractivity contribution is 5.76. The molecule has 5 aliphatic rings. The Labute approximate surface area is 225 Å². The van der Waals surface area contributed by atoms with Crippen molar-refractivity contribution in [3.8, 4) is 0 Å². The van der Waals surface area contributed by atoms with E-state index in [1.165, 1.54) is 25.7 Å². The molecule has 37 heavy (non-hydrogen) atoms. The normalized spacial score (nSPS) is 50.4. The molecule has 0 bridgehead atoms. The van der Waals surface area contributed by atoms with Crippen LogP contribution >= 0.6 is 0 Å². The molecule has 0 unspecified atom stereocenters. The van der Waals surface area contributed by atoms with Crippen molar-refractivity contribution in [1.82, 2.24) is 0 Å². The van der Waals surface area contributed by atoms with Crippen LogP contribution in [-0.4, -0.2) is 25.2 Å². The molecule has 0 aliphatic heterocycles. The SMILES string of the molecule is COC(=O)[C@@]1(C)CC[C@]2(C)CC[C@]3(C)C(=CC[C@@H]4[C@@]5(C)CC[C@H](OC(C)=O)C(C)(C)[C@@H]5CC[C@]43C)[C@@H]2C1. The summed E-state index contributed by atoms with van der Waals surface area (Å²) in [6, 6.07) is 0. The second kappa shape index (κ2) is 8.34. The van der Waals surface area contributed by atoms with E-state index in [4.69, 9.17) is 9.47 Å². The molecule has 5 rings (SSSR count). The van der Waals surface area contributed by atoms with Crippen LogP contribution in [0.4, 0.5) is 0 Å². The third kappa shape index (κ3) is 3.58. The van der Waals surface area contributed by atoms with Crippen LogP contribution in [0.25, 0.3) is 0 Å². The van der Waals surface area contributed by atoms with Gasteiger partial charge >= 0.3 is 11.9 Å². The van der Waals surface area contributed by atoms with Gasteiger partial charge in [0.15, 0.2) is 0 Å². The Morgan fingerprint density at radius 1 is 0.865 bits per heavy atom. The summed E-state index contributed by atoms with van der Waals surface area (Å²) in [6.45, 7) is 18.7. The average molecular weight is 513 g/mol. The van der Waals surface area contributed by atoms with Gasteiger partial charge in [-0.1, -0.05) is 53.2 Å². The fourth-order valence-corrected chi connectivity index (χ4v) is 11.2. The van der Waals surface area contributed by atoms with E-state index < -0.39 is 0 Å². The van der Waals surface area contributed by atoms with Crippen molar-refractivity contribution < 1.29 is 19.1 Å². The van der Waals surface area contributed by atoms with Gasteiger partial charge in [0.1, 0.15) is 6.10 Å². The third-order valence-electron chi connectivity index (χ3n) is 13.8. The molecule has 4 saturated carbocycles. The summed E-state index contributed by atoms with van der Waals surface area (Å²) in [7, 11) is 1.55. The molecule has 0 aromatic carbocycles. The van der Waals surface area contributed by atoms with E-state index in [2.05, 4.69) is 54.5 Å². The van der Waals surface area contributed by atoms with Crippen molar-refractivity contribution in [2.45, 2.75) is 126 Å². The number of methoxy groups -OCH3 is 1. The largest absolute Gasteiger partial charge is 0.469 e. The third-order valence-corrected chi connectivity index (χ3v) is 13.8. The fraction of sp³-hybridized carbons (Fsp3) is 0.879. The average Bonchev–Trinajstić information content (AvgIpc) is 2.82. The molecule has 4 fully saturated rings. The minimum atomic E-state index is -0.376. The number of fused-ring (bicyclic) bond motifs is 7. The first kappa shape index (κ1) is 27.3. The van der Waals surface area contributed by atoms with Crippen LogP contribution in [0.2, 0.25) is 0 Å². The van der Waals surface area contributed by atoms with Crippen LogP contribution in [-0.2, 0) is 19.1 Å². The van der Waals surface area contributed by atoms with E-state index in [0.29, 0.717) is 17.8 Å². The quantitative estimate of drug-likeness (QED) is 0.279. The van der Waals surface area contributed by atoms with Crippen molar-refractivity contribution >= 4 is 11.9 Å². The molecule has 0 heterocycles. The van der Waals surface area contributed by atoms with Crippen LogP contribution in [0.5, 0.6) is 0 Å². The Balaban J connectivity index is 1.52. The van der Waals surface area contributed by atoms with E-state index in [-0.39, 0.29) is 50.5 Å². The lowest BCUT2D eigenvalue weighted by Crippen LogP contribution is -2.64. The Hall–Kier alpha value is -1.32. The van der Waals surface area contributed by atoms with Gasteiger partial charge in [0.25, 0.3) is 0 Å². The van der Waals surface area contributed by atoms with E-state index in [1.54, 1.807) is 19.6 Å². The van der Waals surface area contributed by atoms with Crippen molar-refractivity contribution in [1.29, 1.82) is 0 Å². The minimum Gasteiger partial charge on any atom is -0.469 e. The second-order valence-corrected chi connectivity index (χ2v) is 15.7. The highest BCUT2D eigenvalue weighted by Gasteiger charge is 2.68. The van der Waals surface area contributed by atoms with Crippen LogP contribution in [0.15, 0.2) is 11.6 Å². The maximum absolute atomic E-state index is 12.9. The summed E-state index contributed by atoms with van der Waals surface area (Å²) in [5, 5.41) is 0. The molecule has 0 amide bonds. The number of ether oxygens (including phenoxy) is 2. The van der Waals surface area contributed by atoms with Gasteiger partial charge in [-0.3, -0.25) is 9.59 Å². The van der Waals surface area contributed by atoms with Gasteiger partial charge in [0.2, 0.25) is 0 Å². The maximum atomic E-state index is 12.9. The summed E-state index contributed by atoms with van der Waals surface area (Å²) in [5.41, 5.74) is 2.22. The topological polar surface area (TPSA) is 52.6 Å². The lowest BCUT2D eigenvalue weighted by Gasteiger charge is -2.71. The lowest BCUT2D eigenvalue weighted by atomic mass is 9.33. The highest BCUT2D eigenvalue weighted by Crippen LogP contribution is 2.75. The summed E-state index contributed by atoms with van der Waals surface area (Å²) >= 11 is 0. The number of allylic oxidation sites excluding steroid dienone is 2. The van der Waals surface area contributed by atoms with E-state index in [9.17, 15) is 9.59 Å². The van der Waals surface area contributed by atoms with Gasteiger partial charge in [-0.15, -0.1) is 0 Å². The highest BCUT2D eigenvalue weighted by atomic mass is 16.5. The monoisotopic (exact) mass is 512 g/mol. The van der Waals surface area contributed by atoms with E-state index >= 15 is 0 Å². The first-order valence-electron chi connectivity index (χ1n) is 15.0. The van der Waals surface area contributed by atoms with Crippen molar-refractivity contribution in [3.05, 3.63) is 11.6 Å². The van der Waals surface area contributed by atoms with Crippen LogP contribution in [0.3, 0.4) is 0 Å². The van der Waals surface area contributed by atoms with Gasteiger partial charge < -0.3 is 9.47 Å². The van der Waals surface area contributed by atoms with Crippen molar-refractivity contribution in [3.63, 3.8) is 0 Å². The molecule has 0 spiro atoms. The van der Waals surface area contributed by atoms with Gasteiger partial charge in [0, 0.05) is 12.3 Å². The molecule has 0 aromatic rings. The summed E-state index contributed by atoms with van der Waals surface area (Å²) < 4.78 is 11.2. The Bertz CT molecular complexity index is 1010. The lowest BCUT2D eigenvalue weighted by molar-refractivity contribution is -0.212. The summed E-state index contributed by atoms with van der Waals surface area (Å²) in [4.78, 5) is 24.8. The second-order valence-electron chi connectivity index (χ2n) is 15.7. The standard InChI is InChI=1S/C33H52O4/c1-21(34)37-26-13-14-31(6)24(28(26,2)3)12-15-33(8)25(31)11-10-22-23-20-30(5,27(35)36-9)17-16-29(23,4)18-19-32(22,33)7/h10,23-26H,11-20H2,1-9H3/t23-,24-,25+,26-,29+,30-,31-,32+,33+/m0/s1. The number of hydrogen-bond donors (Lipinski definition) is 0. The molecule has 0 aromatic heterocycles. The van der Waals surface area contributed by atoms with Crippen LogP contribution < -0.4 is 0 Å². The molecule has 0 radical (unpaired) electrons. The van der Waals surface area contributed by atoms with E-state index in [1.807, 2.05) is 0 Å². The van der Waals surface area contributed by atoms with Gasteiger partial charge in [-0.25, -0.2) is 0 Å². The zero-order valence-corrected chi connectivity index (χ0v) is 25.1. The molecule has 9 atom stereocenters. The Kier molecular flexibility index (Phi) is 6.14.